The van der Waals surface area contributed by atoms with Gasteiger partial charge in [-0.3, -0.25) is 0 Å². The van der Waals surface area contributed by atoms with Crippen LogP contribution < -0.4 is 31.1 Å². The van der Waals surface area contributed by atoms with Crippen LogP contribution in [-0.2, 0) is 10.8 Å². The van der Waals surface area contributed by atoms with Gasteiger partial charge in [-0.25, -0.2) is 0 Å². The van der Waals surface area contributed by atoms with Gasteiger partial charge in [0, 0.05) is 60.5 Å². The number of phenolic OH excluding ortho intramolecular Hbond substituents is 5. The minimum atomic E-state index is -1.03. The highest BCUT2D eigenvalue weighted by Crippen LogP contribution is 2.60. The molecule has 10 aromatic carbocycles. The summed E-state index contributed by atoms with van der Waals surface area (Å²) >= 11 is 1.82. The molecule has 1 aromatic heterocycles. The highest BCUT2D eigenvalue weighted by Gasteiger charge is 2.46. The van der Waals surface area contributed by atoms with E-state index in [2.05, 4.69) is 190 Å². The number of benzene rings is 10. The summed E-state index contributed by atoms with van der Waals surface area (Å²) in [5.74, 6) is -4.59. The smallest absolute Gasteiger partial charge is 0.252 e. The number of aromatic hydroxyl groups is 5. The lowest BCUT2D eigenvalue weighted by Crippen LogP contribution is -2.61. The largest absolute Gasteiger partial charge is 0.503 e. The summed E-state index contributed by atoms with van der Waals surface area (Å²) in [7, 11) is 0. The van der Waals surface area contributed by atoms with Gasteiger partial charge in [-0.2, -0.15) is 0 Å². The van der Waals surface area contributed by atoms with Crippen LogP contribution in [0.25, 0.3) is 42.4 Å². The number of para-hydroxylation sites is 1. The molecule has 1 aliphatic carbocycles. The first-order valence-corrected chi connectivity index (χ1v) is 26.8. The molecular formula is C67H52BN3O5S. The van der Waals surface area contributed by atoms with E-state index in [0.717, 1.165) is 78.3 Å². The second-order valence-electron chi connectivity index (χ2n) is 22.0. The number of nitrogens with zero attached hydrogens (tertiary/aromatic N) is 3. The van der Waals surface area contributed by atoms with E-state index in [0.29, 0.717) is 11.4 Å². The third-order valence-corrected chi connectivity index (χ3v) is 17.6. The van der Waals surface area contributed by atoms with Crippen LogP contribution in [-0.4, -0.2) is 32.2 Å². The van der Waals surface area contributed by atoms with Crippen molar-refractivity contribution in [2.75, 3.05) is 14.7 Å². The molecule has 10 heteroatoms. The van der Waals surface area contributed by atoms with Crippen LogP contribution >= 0.6 is 11.3 Å². The van der Waals surface area contributed by atoms with Gasteiger partial charge in [-0.1, -0.05) is 168 Å². The number of fused-ring (bicyclic) bond motifs is 10. The van der Waals surface area contributed by atoms with Crippen LogP contribution in [0.4, 0.5) is 51.2 Å². The van der Waals surface area contributed by atoms with E-state index in [1.54, 1.807) is 4.90 Å². The molecule has 11 aromatic rings. The molecule has 14 rings (SSSR count). The van der Waals surface area contributed by atoms with Gasteiger partial charge in [0.15, 0.2) is 11.5 Å². The minimum absolute atomic E-state index is 0.251. The molecule has 0 fully saturated rings. The van der Waals surface area contributed by atoms with Gasteiger partial charge in [-0.05, 0) is 110 Å². The second-order valence-corrected chi connectivity index (χ2v) is 23.1. The van der Waals surface area contributed by atoms with Gasteiger partial charge in [0.2, 0.25) is 17.2 Å². The Morgan fingerprint density at radius 2 is 1.06 bits per heavy atom. The number of hydrogen-bond donors (Lipinski definition) is 5. The maximum absolute atomic E-state index is 12.1. The Labute approximate surface area is 451 Å². The van der Waals surface area contributed by atoms with Crippen molar-refractivity contribution in [2.45, 2.75) is 45.4 Å². The van der Waals surface area contributed by atoms with Gasteiger partial charge in [0.25, 0.3) is 6.71 Å². The third kappa shape index (κ3) is 6.64. The maximum atomic E-state index is 12.1. The summed E-state index contributed by atoms with van der Waals surface area (Å²) in [6.07, 6.45) is 0. The zero-order valence-corrected chi connectivity index (χ0v) is 43.9. The van der Waals surface area contributed by atoms with Crippen LogP contribution in [0.1, 0.15) is 51.3 Å². The number of phenols is 5. The molecule has 77 heavy (non-hydrogen) atoms. The topological polar surface area (TPSA) is 111 Å². The van der Waals surface area contributed by atoms with Crippen LogP contribution in [0.5, 0.6) is 28.7 Å². The molecule has 3 heterocycles. The summed E-state index contributed by atoms with van der Waals surface area (Å²) in [4.78, 5) is 6.53. The van der Waals surface area contributed by atoms with Crippen molar-refractivity contribution in [3.05, 3.63) is 211 Å². The lowest BCUT2D eigenvalue weighted by molar-refractivity contribution is 0.329. The molecule has 0 unspecified atom stereocenters. The molecule has 2 aliphatic heterocycles. The van der Waals surface area contributed by atoms with Crippen molar-refractivity contribution in [1.82, 2.24) is 0 Å². The van der Waals surface area contributed by atoms with E-state index in [4.69, 9.17) is 0 Å². The molecule has 0 amide bonds. The van der Waals surface area contributed by atoms with Crippen LogP contribution in [0, 0.1) is 0 Å². The van der Waals surface area contributed by atoms with Crippen LogP contribution in [0.2, 0.25) is 0 Å². The first-order chi connectivity index (χ1) is 37.2. The van der Waals surface area contributed by atoms with Crippen molar-refractivity contribution in [3.8, 4) is 51.0 Å². The van der Waals surface area contributed by atoms with E-state index in [9.17, 15) is 25.5 Å². The van der Waals surface area contributed by atoms with E-state index in [1.807, 2.05) is 59.9 Å². The highest BCUT2D eigenvalue weighted by atomic mass is 32.1. The lowest BCUT2D eigenvalue weighted by atomic mass is 9.33. The van der Waals surface area contributed by atoms with Crippen molar-refractivity contribution in [1.29, 1.82) is 0 Å². The number of thiophene rings is 1. The molecule has 0 saturated heterocycles. The Kier molecular flexibility index (Phi) is 10.1. The molecule has 5 N–H and O–H groups in total. The number of rotatable bonds is 6. The monoisotopic (exact) mass is 1020 g/mol. The van der Waals surface area contributed by atoms with E-state index >= 15 is 0 Å². The first-order valence-electron chi connectivity index (χ1n) is 26.0. The van der Waals surface area contributed by atoms with Crippen molar-refractivity contribution < 1.29 is 25.5 Å². The molecule has 0 atom stereocenters. The van der Waals surface area contributed by atoms with E-state index < -0.39 is 28.7 Å². The average molecular weight is 1020 g/mol. The molecule has 8 nitrogen and oxygen atoms in total. The molecular weight excluding hydrogens is 970 g/mol. The van der Waals surface area contributed by atoms with Gasteiger partial charge >= 0.3 is 0 Å². The Balaban J connectivity index is 1.08. The SMILES string of the molecule is CC(C)(C)c1ccc(N(c2ccc3c(c2)N(c2cccc4c2-c2ccccc2C4(C)C)c2cccc4c2B3c2ccccc2N4c2cccc3c2sc2ccccc23)c2c(O)c(O)c(O)c(O)c2O)c(-c2ccccc2)c1. The predicted octanol–water partition coefficient (Wildman–Crippen LogP) is 15.4. The Morgan fingerprint density at radius 3 is 1.84 bits per heavy atom. The standard InChI is InChI=1S/C67H52BN3O5S/c1-66(2,3)39-32-35-49(44(36-39)38-18-7-6-8-19-38)69(59-60(72)62(74)64(76)63(75)61(59)73)40-33-34-48-55(37-40)71(51-27-16-24-46-57(51)43-21-9-11-23-45(43)67(46,4)5)53-29-17-28-52-58(53)68(48)47-25-12-13-26-50(47)70(52)54-30-15-22-42-41-20-10-14-31-56(41)77-65(42)54/h6-37,72-76H,1-5H3. The fourth-order valence-corrected chi connectivity index (χ4v) is 13.9. The molecule has 0 bridgehead atoms. The zero-order chi connectivity index (χ0) is 52.8. The highest BCUT2D eigenvalue weighted by molar-refractivity contribution is 7.26. The second kappa shape index (κ2) is 16.7. The molecule has 0 saturated carbocycles. The Bertz CT molecular complexity index is 4270. The number of anilines is 9. The van der Waals surface area contributed by atoms with Gasteiger partial charge in [-0.15, -0.1) is 11.3 Å². The summed E-state index contributed by atoms with van der Waals surface area (Å²) in [6.45, 7) is 10.8. The van der Waals surface area contributed by atoms with Gasteiger partial charge in [0.1, 0.15) is 5.69 Å². The molecule has 0 radical (unpaired) electrons. The van der Waals surface area contributed by atoms with Crippen LogP contribution in [0.15, 0.2) is 194 Å². The van der Waals surface area contributed by atoms with Crippen molar-refractivity contribution in [2.24, 2.45) is 0 Å². The first kappa shape index (κ1) is 46.4. The maximum Gasteiger partial charge on any atom is 0.252 e. The summed E-state index contributed by atoms with van der Waals surface area (Å²) < 4.78 is 2.44. The average Bonchev–Trinajstić information content (AvgIpc) is 4.18. The summed E-state index contributed by atoms with van der Waals surface area (Å²) in [5.41, 5.74) is 17.0. The third-order valence-electron chi connectivity index (χ3n) is 16.4. The van der Waals surface area contributed by atoms with Gasteiger partial charge < -0.3 is 40.2 Å². The molecule has 374 valence electrons. The quantitative estimate of drug-likeness (QED) is 0.0636. The minimum Gasteiger partial charge on any atom is -0.503 e. The van der Waals surface area contributed by atoms with Crippen LogP contribution in [0.3, 0.4) is 0 Å². The fraction of sp³-hybridized carbons (Fsp3) is 0.104. The summed E-state index contributed by atoms with van der Waals surface area (Å²) in [5, 5.41) is 60.2. The lowest BCUT2D eigenvalue weighted by Gasteiger charge is -2.45. The normalized spacial score (nSPS) is 13.8. The predicted molar refractivity (Wildman–Crippen MR) is 318 cm³/mol. The van der Waals surface area contributed by atoms with E-state index in [1.165, 1.54) is 31.3 Å². The zero-order valence-electron chi connectivity index (χ0n) is 43.0. The Morgan fingerprint density at radius 1 is 0.481 bits per heavy atom. The summed E-state index contributed by atoms with van der Waals surface area (Å²) in [6, 6.07) is 68.2. The Hall–Kier alpha value is -9.12. The van der Waals surface area contributed by atoms with Crippen molar-refractivity contribution >= 4 is 106 Å². The van der Waals surface area contributed by atoms with Gasteiger partial charge in [0.05, 0.1) is 21.8 Å². The van der Waals surface area contributed by atoms with E-state index in [-0.39, 0.29) is 23.2 Å². The molecule has 0 spiro atoms. The number of hydrogen-bond acceptors (Lipinski definition) is 9. The fourth-order valence-electron chi connectivity index (χ4n) is 12.7. The molecule has 3 aliphatic rings. The van der Waals surface area contributed by atoms with Crippen molar-refractivity contribution in [3.63, 3.8) is 0 Å².